The molecule has 1 fully saturated rings. The van der Waals surface area contributed by atoms with Gasteiger partial charge in [0.1, 0.15) is 17.9 Å². The summed E-state index contributed by atoms with van der Waals surface area (Å²) < 4.78 is 1.85. The van der Waals surface area contributed by atoms with Gasteiger partial charge in [0.2, 0.25) is 0 Å². The van der Waals surface area contributed by atoms with Crippen LogP contribution in [0.4, 0.5) is 0 Å². The first kappa shape index (κ1) is 12.3. The van der Waals surface area contributed by atoms with E-state index in [0.29, 0.717) is 12.2 Å². The number of Topliss-reactive ketones (excluding diaryl/α,β-unsaturated/α-hetero) is 1. The van der Waals surface area contributed by atoms with Crippen LogP contribution in [0.1, 0.15) is 57.8 Å². The third kappa shape index (κ3) is 2.93. The van der Waals surface area contributed by atoms with Crippen LogP contribution in [-0.4, -0.2) is 20.5 Å². The molecule has 4 heteroatoms. The van der Waals surface area contributed by atoms with Gasteiger partial charge in [0.05, 0.1) is 6.42 Å². The van der Waals surface area contributed by atoms with E-state index in [2.05, 4.69) is 23.9 Å². The normalized spacial score (nSPS) is 17.6. The molecule has 94 valence electrons. The lowest BCUT2D eigenvalue weighted by molar-refractivity contribution is -0.123. The Morgan fingerprint density at radius 3 is 2.76 bits per heavy atom. The summed E-state index contributed by atoms with van der Waals surface area (Å²) in [5, 5.41) is 4.17. The lowest BCUT2D eigenvalue weighted by atomic mass is 9.85. The van der Waals surface area contributed by atoms with Crippen LogP contribution in [0.25, 0.3) is 0 Å². The molecule has 0 spiro atoms. The molecule has 0 aromatic carbocycles. The van der Waals surface area contributed by atoms with Gasteiger partial charge in [-0.15, -0.1) is 0 Å². The average molecular weight is 235 g/mol. The highest BCUT2D eigenvalue weighted by atomic mass is 16.1. The van der Waals surface area contributed by atoms with Crippen LogP contribution in [0.3, 0.4) is 0 Å². The molecule has 0 saturated heterocycles. The minimum Gasteiger partial charge on any atom is -0.299 e. The number of nitrogens with zero attached hydrogens (tertiary/aromatic N) is 3. The Labute approximate surface area is 102 Å². The molecule has 0 amide bonds. The van der Waals surface area contributed by atoms with Crippen molar-refractivity contribution in [3.8, 4) is 0 Å². The number of carbonyl (C=O) groups is 1. The van der Waals surface area contributed by atoms with Gasteiger partial charge in [0.15, 0.2) is 0 Å². The molecule has 0 unspecified atom stereocenters. The highest BCUT2D eigenvalue weighted by molar-refractivity contribution is 5.82. The summed E-state index contributed by atoms with van der Waals surface area (Å²) in [6.07, 6.45) is 7.81. The largest absolute Gasteiger partial charge is 0.299 e. The van der Waals surface area contributed by atoms with Gasteiger partial charge in [-0.2, -0.15) is 5.10 Å². The van der Waals surface area contributed by atoms with Gasteiger partial charge in [-0.05, 0) is 26.7 Å². The van der Waals surface area contributed by atoms with E-state index in [0.717, 1.165) is 18.7 Å². The molecule has 17 heavy (non-hydrogen) atoms. The van der Waals surface area contributed by atoms with Crippen LogP contribution in [0.5, 0.6) is 0 Å². The second kappa shape index (κ2) is 5.43. The van der Waals surface area contributed by atoms with Crippen LogP contribution in [0, 0.1) is 5.92 Å². The predicted octanol–water partition coefficient (Wildman–Crippen LogP) is 2.55. The maximum Gasteiger partial charge on any atom is 0.143 e. The number of aromatic nitrogens is 3. The zero-order valence-corrected chi connectivity index (χ0v) is 10.7. The number of rotatable bonds is 4. The molecule has 1 aliphatic rings. The van der Waals surface area contributed by atoms with Crippen LogP contribution in [0.15, 0.2) is 6.33 Å². The molecule has 0 aliphatic heterocycles. The summed E-state index contributed by atoms with van der Waals surface area (Å²) >= 11 is 0. The van der Waals surface area contributed by atoms with Crippen LogP contribution < -0.4 is 0 Å². The number of hydrogen-bond donors (Lipinski definition) is 0. The summed E-state index contributed by atoms with van der Waals surface area (Å²) in [5.74, 6) is 1.43. The number of ketones is 1. The summed E-state index contributed by atoms with van der Waals surface area (Å²) in [7, 11) is 0. The standard InChI is InChI=1S/C13H21N3O/c1-10(2)16-13(14-9-15-16)8-12(17)11-6-4-3-5-7-11/h9-11H,3-8H2,1-2H3. The lowest BCUT2D eigenvalue weighted by Crippen LogP contribution is -2.22. The maximum atomic E-state index is 12.2. The fourth-order valence-electron chi connectivity index (χ4n) is 2.56. The Bertz CT molecular complexity index is 378. The molecule has 1 aromatic rings. The molecule has 0 atom stereocenters. The molecule has 4 nitrogen and oxygen atoms in total. The first-order chi connectivity index (χ1) is 8.18. The Kier molecular flexibility index (Phi) is 3.92. The Morgan fingerprint density at radius 1 is 1.41 bits per heavy atom. The van der Waals surface area contributed by atoms with Crippen molar-refractivity contribution in [1.29, 1.82) is 0 Å². The van der Waals surface area contributed by atoms with Crippen molar-refractivity contribution in [3.05, 3.63) is 12.2 Å². The van der Waals surface area contributed by atoms with Gasteiger partial charge in [-0.3, -0.25) is 4.79 Å². The second-order valence-corrected chi connectivity index (χ2v) is 5.19. The summed E-state index contributed by atoms with van der Waals surface area (Å²) in [6, 6.07) is 0.270. The monoisotopic (exact) mass is 235 g/mol. The van der Waals surface area contributed by atoms with Crippen LogP contribution in [0.2, 0.25) is 0 Å². The van der Waals surface area contributed by atoms with Gasteiger partial charge in [-0.25, -0.2) is 9.67 Å². The number of carbonyl (C=O) groups excluding carboxylic acids is 1. The summed E-state index contributed by atoms with van der Waals surface area (Å²) in [5.41, 5.74) is 0. The molecule has 1 heterocycles. The highest BCUT2D eigenvalue weighted by Gasteiger charge is 2.23. The van der Waals surface area contributed by atoms with Crippen molar-refractivity contribution in [3.63, 3.8) is 0 Å². The Balaban J connectivity index is 1.99. The van der Waals surface area contributed by atoms with Gasteiger partial charge in [0, 0.05) is 12.0 Å². The van der Waals surface area contributed by atoms with Crippen LogP contribution in [-0.2, 0) is 11.2 Å². The van der Waals surface area contributed by atoms with Crippen molar-refractivity contribution in [2.45, 2.75) is 58.4 Å². The van der Waals surface area contributed by atoms with Crippen molar-refractivity contribution in [2.24, 2.45) is 5.92 Å². The first-order valence-corrected chi connectivity index (χ1v) is 6.59. The van der Waals surface area contributed by atoms with E-state index in [1.165, 1.54) is 19.3 Å². The molecule has 1 saturated carbocycles. The average Bonchev–Trinajstić information content (AvgIpc) is 2.78. The molecular formula is C13H21N3O. The highest BCUT2D eigenvalue weighted by Crippen LogP contribution is 2.25. The smallest absolute Gasteiger partial charge is 0.143 e. The minimum absolute atomic E-state index is 0.265. The van der Waals surface area contributed by atoms with Crippen molar-refractivity contribution >= 4 is 5.78 Å². The fourth-order valence-corrected chi connectivity index (χ4v) is 2.56. The Hall–Kier alpha value is -1.19. The first-order valence-electron chi connectivity index (χ1n) is 6.59. The quantitative estimate of drug-likeness (QED) is 0.805. The van der Waals surface area contributed by atoms with Crippen molar-refractivity contribution in [2.75, 3.05) is 0 Å². The SMILES string of the molecule is CC(C)n1ncnc1CC(=O)C1CCCCC1. The van der Waals surface area contributed by atoms with Gasteiger partial charge >= 0.3 is 0 Å². The third-order valence-corrected chi connectivity index (χ3v) is 3.53. The van der Waals surface area contributed by atoms with Crippen molar-refractivity contribution in [1.82, 2.24) is 14.8 Å². The predicted molar refractivity (Wildman–Crippen MR) is 65.7 cm³/mol. The zero-order chi connectivity index (χ0) is 12.3. The van der Waals surface area contributed by atoms with E-state index >= 15 is 0 Å². The van der Waals surface area contributed by atoms with Gasteiger partial charge in [0.25, 0.3) is 0 Å². The van der Waals surface area contributed by atoms with E-state index in [1.54, 1.807) is 6.33 Å². The van der Waals surface area contributed by atoms with Crippen LogP contribution >= 0.6 is 0 Å². The Morgan fingerprint density at radius 2 is 2.12 bits per heavy atom. The lowest BCUT2D eigenvalue weighted by Gasteiger charge is -2.20. The summed E-state index contributed by atoms with van der Waals surface area (Å²) in [6.45, 7) is 4.12. The number of hydrogen-bond acceptors (Lipinski definition) is 3. The third-order valence-electron chi connectivity index (χ3n) is 3.53. The summed E-state index contributed by atoms with van der Waals surface area (Å²) in [4.78, 5) is 16.4. The molecule has 1 aromatic heterocycles. The molecular weight excluding hydrogens is 214 g/mol. The minimum atomic E-state index is 0.265. The topological polar surface area (TPSA) is 47.8 Å². The molecule has 0 bridgehead atoms. The van der Waals surface area contributed by atoms with Gasteiger partial charge < -0.3 is 0 Å². The zero-order valence-electron chi connectivity index (χ0n) is 10.7. The fraction of sp³-hybridized carbons (Fsp3) is 0.769. The second-order valence-electron chi connectivity index (χ2n) is 5.19. The molecule has 0 N–H and O–H groups in total. The molecule has 1 aliphatic carbocycles. The van der Waals surface area contributed by atoms with Crippen molar-refractivity contribution < 1.29 is 4.79 Å². The van der Waals surface area contributed by atoms with E-state index in [-0.39, 0.29) is 12.0 Å². The van der Waals surface area contributed by atoms with Gasteiger partial charge in [-0.1, -0.05) is 19.3 Å². The maximum absolute atomic E-state index is 12.2. The molecule has 2 rings (SSSR count). The van der Waals surface area contributed by atoms with E-state index in [1.807, 2.05) is 4.68 Å². The van der Waals surface area contributed by atoms with E-state index in [9.17, 15) is 4.79 Å². The molecule has 0 radical (unpaired) electrons. The van der Waals surface area contributed by atoms with E-state index in [4.69, 9.17) is 0 Å². The van der Waals surface area contributed by atoms with E-state index < -0.39 is 0 Å².